The predicted molar refractivity (Wildman–Crippen MR) is 118 cm³/mol. The average Bonchev–Trinajstić information content (AvgIpc) is 2.74. The van der Waals surface area contributed by atoms with E-state index in [-0.39, 0.29) is 5.91 Å². The van der Waals surface area contributed by atoms with Crippen molar-refractivity contribution in [3.63, 3.8) is 0 Å². The Morgan fingerprint density at radius 3 is 2.76 bits per heavy atom. The summed E-state index contributed by atoms with van der Waals surface area (Å²) in [5.41, 5.74) is 5.60. The van der Waals surface area contributed by atoms with Crippen LogP contribution in [0.15, 0.2) is 59.7 Å². The fourth-order valence-corrected chi connectivity index (χ4v) is 3.15. The quantitative estimate of drug-likeness (QED) is 0.308. The maximum Gasteiger partial charge on any atom is 0.272 e. The van der Waals surface area contributed by atoms with Gasteiger partial charge in [0.25, 0.3) is 5.91 Å². The number of aryl methyl sites for hydroxylation is 1. The predicted octanol–water partition coefficient (Wildman–Crippen LogP) is 5.27. The molecule has 0 atom stereocenters. The smallest absolute Gasteiger partial charge is 0.272 e. The monoisotopic (exact) mass is 389 g/mol. The SMILES string of the molecule is CCCCCCOc1ccccc1/C=N/NC(=O)c1cc(C)nc2ccccc12. The molecule has 29 heavy (non-hydrogen) atoms. The highest BCUT2D eigenvalue weighted by Gasteiger charge is 2.11. The van der Waals surface area contributed by atoms with Crippen molar-refractivity contribution in [2.75, 3.05) is 6.61 Å². The van der Waals surface area contributed by atoms with Gasteiger partial charge in [0.2, 0.25) is 0 Å². The Labute approximate surface area is 171 Å². The molecule has 3 aromatic rings. The minimum absolute atomic E-state index is 0.263. The van der Waals surface area contributed by atoms with Gasteiger partial charge >= 0.3 is 0 Å². The molecular weight excluding hydrogens is 362 g/mol. The number of ether oxygens (including phenoxy) is 1. The molecule has 3 rings (SSSR count). The molecule has 5 nitrogen and oxygen atoms in total. The van der Waals surface area contributed by atoms with E-state index in [1.165, 1.54) is 19.3 Å². The van der Waals surface area contributed by atoms with Crippen LogP contribution in [-0.4, -0.2) is 23.7 Å². The number of hydrogen-bond acceptors (Lipinski definition) is 4. The number of para-hydroxylation sites is 2. The third kappa shape index (κ3) is 5.64. The fourth-order valence-electron chi connectivity index (χ4n) is 3.15. The van der Waals surface area contributed by atoms with Gasteiger partial charge in [-0.3, -0.25) is 9.78 Å². The molecule has 0 saturated heterocycles. The summed E-state index contributed by atoms with van der Waals surface area (Å²) in [5.74, 6) is 0.508. The second-order valence-corrected chi connectivity index (χ2v) is 6.97. The number of hydrazone groups is 1. The van der Waals surface area contributed by atoms with Crippen molar-refractivity contribution in [3.8, 4) is 5.75 Å². The molecule has 0 bridgehead atoms. The molecule has 0 radical (unpaired) electrons. The fraction of sp³-hybridized carbons (Fsp3) is 0.292. The van der Waals surface area contributed by atoms with Crippen LogP contribution < -0.4 is 10.2 Å². The molecule has 150 valence electrons. The first-order valence-corrected chi connectivity index (χ1v) is 10.1. The second kappa shape index (κ2) is 10.4. The zero-order chi connectivity index (χ0) is 20.5. The summed E-state index contributed by atoms with van der Waals surface area (Å²) < 4.78 is 5.89. The third-order valence-corrected chi connectivity index (χ3v) is 4.63. The van der Waals surface area contributed by atoms with Crippen LogP contribution in [0.5, 0.6) is 5.75 Å². The van der Waals surface area contributed by atoms with Crippen molar-refractivity contribution in [1.82, 2.24) is 10.4 Å². The number of pyridine rings is 1. The van der Waals surface area contributed by atoms with Crippen LogP contribution >= 0.6 is 0 Å². The summed E-state index contributed by atoms with van der Waals surface area (Å²) in [5, 5.41) is 4.95. The van der Waals surface area contributed by atoms with Gasteiger partial charge in [0.15, 0.2) is 0 Å². The maximum absolute atomic E-state index is 12.7. The Hall–Kier alpha value is -3.21. The van der Waals surface area contributed by atoms with Crippen molar-refractivity contribution < 1.29 is 9.53 Å². The zero-order valence-electron chi connectivity index (χ0n) is 17.0. The Kier molecular flexibility index (Phi) is 7.34. The lowest BCUT2D eigenvalue weighted by Gasteiger charge is -2.09. The molecule has 0 aliphatic heterocycles. The number of amides is 1. The summed E-state index contributed by atoms with van der Waals surface area (Å²) in [6, 6.07) is 17.1. The number of carbonyl (C=O) groups excluding carboxylic acids is 1. The van der Waals surface area contributed by atoms with Crippen LogP contribution in [0.1, 0.15) is 54.2 Å². The van der Waals surface area contributed by atoms with E-state index >= 15 is 0 Å². The maximum atomic E-state index is 12.7. The van der Waals surface area contributed by atoms with Crippen LogP contribution in [0.4, 0.5) is 0 Å². The minimum Gasteiger partial charge on any atom is -0.493 e. The number of nitrogens with zero attached hydrogens (tertiary/aromatic N) is 2. The number of unbranched alkanes of at least 4 members (excludes halogenated alkanes) is 3. The van der Waals surface area contributed by atoms with Crippen molar-refractivity contribution >= 4 is 23.0 Å². The van der Waals surface area contributed by atoms with Crippen LogP contribution in [-0.2, 0) is 0 Å². The van der Waals surface area contributed by atoms with Crippen molar-refractivity contribution in [2.45, 2.75) is 39.5 Å². The Morgan fingerprint density at radius 2 is 1.90 bits per heavy atom. The number of aromatic nitrogens is 1. The van der Waals surface area contributed by atoms with E-state index in [1.54, 1.807) is 12.3 Å². The number of hydrogen-bond donors (Lipinski definition) is 1. The van der Waals surface area contributed by atoms with Gasteiger partial charge in [-0.25, -0.2) is 5.43 Å². The minimum atomic E-state index is -0.263. The number of carbonyl (C=O) groups is 1. The van der Waals surface area contributed by atoms with E-state index in [0.717, 1.165) is 34.3 Å². The highest BCUT2D eigenvalue weighted by atomic mass is 16.5. The second-order valence-electron chi connectivity index (χ2n) is 6.97. The highest BCUT2D eigenvalue weighted by Crippen LogP contribution is 2.19. The van der Waals surface area contributed by atoms with Crippen LogP contribution in [0, 0.1) is 6.92 Å². The third-order valence-electron chi connectivity index (χ3n) is 4.63. The summed E-state index contributed by atoms with van der Waals surface area (Å²) in [7, 11) is 0. The van der Waals surface area contributed by atoms with E-state index in [1.807, 2.05) is 55.5 Å². The molecule has 0 spiro atoms. The molecule has 0 unspecified atom stereocenters. The number of benzene rings is 2. The van der Waals surface area contributed by atoms with Gasteiger partial charge in [-0.1, -0.05) is 56.5 Å². The summed E-state index contributed by atoms with van der Waals surface area (Å²) in [4.78, 5) is 17.1. The number of fused-ring (bicyclic) bond motifs is 1. The molecule has 0 aliphatic rings. The molecule has 0 saturated carbocycles. The first-order valence-electron chi connectivity index (χ1n) is 10.1. The van der Waals surface area contributed by atoms with E-state index in [9.17, 15) is 4.79 Å². The van der Waals surface area contributed by atoms with Crippen molar-refractivity contribution in [1.29, 1.82) is 0 Å². The molecule has 0 fully saturated rings. The van der Waals surface area contributed by atoms with Crippen molar-refractivity contribution in [2.24, 2.45) is 5.10 Å². The van der Waals surface area contributed by atoms with Gasteiger partial charge in [0.05, 0.1) is 23.9 Å². The van der Waals surface area contributed by atoms with Gasteiger partial charge in [0.1, 0.15) is 5.75 Å². The van der Waals surface area contributed by atoms with Crippen LogP contribution in [0.3, 0.4) is 0 Å². The molecule has 0 aliphatic carbocycles. The van der Waals surface area contributed by atoms with Crippen LogP contribution in [0.2, 0.25) is 0 Å². The van der Waals surface area contributed by atoms with E-state index in [0.29, 0.717) is 12.2 Å². The number of nitrogens with one attached hydrogen (secondary N) is 1. The molecule has 1 amide bonds. The standard InChI is InChI=1S/C24H27N3O2/c1-3-4-5-10-15-29-23-14-9-6-11-19(23)17-25-27-24(28)21-16-18(2)26-22-13-8-7-12-20(21)22/h6-9,11-14,16-17H,3-5,10,15H2,1-2H3,(H,27,28)/b25-17+. The van der Waals surface area contributed by atoms with Crippen molar-refractivity contribution in [3.05, 3.63) is 71.4 Å². The molecule has 1 N–H and O–H groups in total. The largest absolute Gasteiger partial charge is 0.493 e. The highest BCUT2D eigenvalue weighted by molar-refractivity contribution is 6.06. The first kappa shape index (κ1) is 20.5. The van der Waals surface area contributed by atoms with Crippen LogP contribution in [0.25, 0.3) is 10.9 Å². The Morgan fingerprint density at radius 1 is 1.10 bits per heavy atom. The van der Waals surface area contributed by atoms with E-state index in [2.05, 4.69) is 22.4 Å². The van der Waals surface area contributed by atoms with E-state index < -0.39 is 0 Å². The summed E-state index contributed by atoms with van der Waals surface area (Å²) in [6.07, 6.45) is 6.25. The first-order chi connectivity index (χ1) is 14.2. The number of rotatable bonds is 9. The zero-order valence-corrected chi connectivity index (χ0v) is 17.0. The Bertz CT molecular complexity index is 998. The van der Waals surface area contributed by atoms with Gasteiger partial charge in [0, 0.05) is 16.6 Å². The molecule has 5 heteroatoms. The molecule has 1 heterocycles. The summed E-state index contributed by atoms with van der Waals surface area (Å²) >= 11 is 0. The van der Waals surface area contributed by atoms with Gasteiger partial charge in [-0.2, -0.15) is 5.10 Å². The lowest BCUT2D eigenvalue weighted by molar-refractivity contribution is 0.0956. The lowest BCUT2D eigenvalue weighted by Crippen LogP contribution is -2.18. The van der Waals surface area contributed by atoms with Gasteiger partial charge < -0.3 is 4.74 Å². The average molecular weight is 389 g/mol. The van der Waals surface area contributed by atoms with Gasteiger partial charge in [-0.15, -0.1) is 0 Å². The topological polar surface area (TPSA) is 63.6 Å². The molecule has 1 aromatic heterocycles. The summed E-state index contributed by atoms with van der Waals surface area (Å²) in [6.45, 7) is 4.75. The molecule has 2 aromatic carbocycles. The van der Waals surface area contributed by atoms with E-state index in [4.69, 9.17) is 4.74 Å². The van der Waals surface area contributed by atoms with Gasteiger partial charge in [-0.05, 0) is 37.6 Å². The lowest BCUT2D eigenvalue weighted by atomic mass is 10.1. The Balaban J connectivity index is 1.67. The normalized spacial score (nSPS) is 11.1. The molecular formula is C24H27N3O2.